The van der Waals surface area contributed by atoms with Crippen LogP contribution >= 0.6 is 7.06 Å². The molecule has 0 rings (SSSR count). The normalized spacial score (nSPS) is 15.7. The SMILES string of the molecule is C#CP(O)(O)(CC)CC. The van der Waals surface area contributed by atoms with Crippen LogP contribution in [-0.2, 0) is 0 Å². The third kappa shape index (κ3) is 1.95. The second kappa shape index (κ2) is 2.27. The van der Waals surface area contributed by atoms with E-state index in [0.29, 0.717) is 12.3 Å². The molecule has 0 aromatic heterocycles. The summed E-state index contributed by atoms with van der Waals surface area (Å²) in [5.74, 6) is 0. The van der Waals surface area contributed by atoms with E-state index in [1.54, 1.807) is 13.8 Å². The molecule has 2 N–H and O–H groups in total. The van der Waals surface area contributed by atoms with Crippen LogP contribution in [0.4, 0.5) is 0 Å². The third-order valence-electron chi connectivity index (χ3n) is 1.63. The van der Waals surface area contributed by atoms with Crippen LogP contribution in [0, 0.1) is 12.1 Å². The van der Waals surface area contributed by atoms with Crippen LogP contribution in [0.3, 0.4) is 0 Å². The first-order chi connectivity index (χ1) is 3.96. The zero-order chi connectivity index (χ0) is 7.57. The maximum atomic E-state index is 9.35. The van der Waals surface area contributed by atoms with E-state index < -0.39 is 7.06 Å². The van der Waals surface area contributed by atoms with Crippen molar-refractivity contribution in [3.05, 3.63) is 0 Å². The van der Waals surface area contributed by atoms with Gasteiger partial charge in [0.05, 0.1) is 0 Å². The molecular formula is C6H13O2P. The van der Waals surface area contributed by atoms with E-state index in [4.69, 9.17) is 6.42 Å². The van der Waals surface area contributed by atoms with Gasteiger partial charge in [0.2, 0.25) is 0 Å². The Bertz CT molecular complexity index is 138. The van der Waals surface area contributed by atoms with E-state index in [1.165, 1.54) is 0 Å². The fourth-order valence-electron chi connectivity index (χ4n) is 0.406. The number of rotatable bonds is 2. The minimum absolute atomic E-state index is 0.290. The molecule has 0 bridgehead atoms. The maximum absolute atomic E-state index is 9.35. The van der Waals surface area contributed by atoms with Gasteiger partial charge in [-0.05, 0) is 0 Å². The summed E-state index contributed by atoms with van der Waals surface area (Å²) in [6, 6.07) is 0. The van der Waals surface area contributed by atoms with E-state index in [-0.39, 0.29) is 0 Å². The van der Waals surface area contributed by atoms with Crippen molar-refractivity contribution in [2.24, 2.45) is 0 Å². The molecule has 0 saturated carbocycles. The van der Waals surface area contributed by atoms with Crippen molar-refractivity contribution in [1.82, 2.24) is 0 Å². The van der Waals surface area contributed by atoms with Gasteiger partial charge in [-0.1, -0.05) is 0 Å². The molecule has 0 saturated heterocycles. The van der Waals surface area contributed by atoms with Crippen LogP contribution < -0.4 is 0 Å². The van der Waals surface area contributed by atoms with Gasteiger partial charge in [-0.25, -0.2) is 0 Å². The standard InChI is InChI=1S/C6H13O2P/c1-4-9(7,8,5-2)6-3/h1,7-8H,5-6H2,2-3H3. The molecule has 9 heavy (non-hydrogen) atoms. The minimum atomic E-state index is -3.60. The molecule has 0 aliphatic heterocycles. The average molecular weight is 148 g/mol. The molecule has 0 unspecified atom stereocenters. The molecule has 0 aromatic carbocycles. The molecule has 54 valence electrons. The molecule has 2 nitrogen and oxygen atoms in total. The Hall–Kier alpha value is -0.0900. The summed E-state index contributed by atoms with van der Waals surface area (Å²) >= 11 is 0. The molecule has 0 aliphatic rings. The fourth-order valence-corrected chi connectivity index (χ4v) is 1.22. The summed E-state index contributed by atoms with van der Waals surface area (Å²) in [5, 5.41) is 0. The van der Waals surface area contributed by atoms with Gasteiger partial charge in [-0.3, -0.25) is 0 Å². The quantitative estimate of drug-likeness (QED) is 0.452. The van der Waals surface area contributed by atoms with Crippen molar-refractivity contribution in [3.63, 3.8) is 0 Å². The van der Waals surface area contributed by atoms with Crippen molar-refractivity contribution in [1.29, 1.82) is 0 Å². The molecular weight excluding hydrogens is 135 g/mol. The molecule has 0 spiro atoms. The Labute approximate surface area is 56.0 Å². The Morgan fingerprint density at radius 1 is 1.33 bits per heavy atom. The van der Waals surface area contributed by atoms with Gasteiger partial charge >= 0.3 is 55.1 Å². The summed E-state index contributed by atoms with van der Waals surface area (Å²) in [4.78, 5) is 18.7. The second-order valence-corrected chi connectivity index (χ2v) is 6.47. The Morgan fingerprint density at radius 2 is 1.67 bits per heavy atom. The number of terminal acetylenes is 1. The predicted molar refractivity (Wildman–Crippen MR) is 41.3 cm³/mol. The molecule has 0 amide bonds. The van der Waals surface area contributed by atoms with Gasteiger partial charge in [-0.2, -0.15) is 0 Å². The van der Waals surface area contributed by atoms with Crippen LogP contribution in [0.5, 0.6) is 0 Å². The first-order valence-corrected chi connectivity index (χ1v) is 5.47. The average Bonchev–Trinajstić information content (AvgIpc) is 1.90. The predicted octanol–water partition coefficient (Wildman–Crippen LogP) is 0.985. The number of hydrogen-bond acceptors (Lipinski definition) is 2. The van der Waals surface area contributed by atoms with Gasteiger partial charge in [0, 0.05) is 0 Å². The summed E-state index contributed by atoms with van der Waals surface area (Å²) in [6.45, 7) is 3.39. The Balaban J connectivity index is 4.45. The van der Waals surface area contributed by atoms with Crippen LogP contribution in [0.1, 0.15) is 13.8 Å². The van der Waals surface area contributed by atoms with Crippen molar-refractivity contribution in [2.45, 2.75) is 13.8 Å². The summed E-state index contributed by atoms with van der Waals surface area (Å²) in [5.41, 5.74) is 2.10. The first kappa shape index (κ1) is 8.91. The third-order valence-corrected chi connectivity index (χ3v) is 4.88. The van der Waals surface area contributed by atoms with Gasteiger partial charge in [0.25, 0.3) is 0 Å². The molecule has 0 aromatic rings. The van der Waals surface area contributed by atoms with Crippen molar-refractivity contribution in [2.75, 3.05) is 12.3 Å². The van der Waals surface area contributed by atoms with E-state index in [1.807, 2.05) is 0 Å². The van der Waals surface area contributed by atoms with Crippen LogP contribution in [0.15, 0.2) is 0 Å². The summed E-state index contributed by atoms with van der Waals surface area (Å²) in [7, 11) is -3.60. The molecule has 0 atom stereocenters. The van der Waals surface area contributed by atoms with E-state index in [9.17, 15) is 9.79 Å². The monoisotopic (exact) mass is 148 g/mol. The van der Waals surface area contributed by atoms with E-state index >= 15 is 0 Å². The molecule has 0 fully saturated rings. The van der Waals surface area contributed by atoms with Crippen LogP contribution in [-0.4, -0.2) is 22.1 Å². The summed E-state index contributed by atoms with van der Waals surface area (Å²) in [6.07, 6.45) is 5.55. The Morgan fingerprint density at radius 3 is 1.67 bits per heavy atom. The van der Waals surface area contributed by atoms with Gasteiger partial charge < -0.3 is 0 Å². The molecule has 3 heteroatoms. The zero-order valence-electron chi connectivity index (χ0n) is 5.83. The van der Waals surface area contributed by atoms with Crippen LogP contribution in [0.25, 0.3) is 0 Å². The molecule has 0 aliphatic carbocycles. The Kier molecular flexibility index (Phi) is 2.24. The topological polar surface area (TPSA) is 40.5 Å². The zero-order valence-corrected chi connectivity index (χ0v) is 6.73. The van der Waals surface area contributed by atoms with Crippen molar-refractivity contribution in [3.8, 4) is 12.1 Å². The van der Waals surface area contributed by atoms with Crippen molar-refractivity contribution >= 4 is 7.06 Å². The number of hydrogen-bond donors (Lipinski definition) is 2. The van der Waals surface area contributed by atoms with Crippen molar-refractivity contribution < 1.29 is 9.79 Å². The molecule has 0 heterocycles. The first-order valence-electron chi connectivity index (χ1n) is 2.96. The van der Waals surface area contributed by atoms with E-state index in [2.05, 4.69) is 5.66 Å². The summed E-state index contributed by atoms with van der Waals surface area (Å²) < 4.78 is 0. The van der Waals surface area contributed by atoms with E-state index in [0.717, 1.165) is 0 Å². The second-order valence-electron chi connectivity index (χ2n) is 2.16. The van der Waals surface area contributed by atoms with Gasteiger partial charge in [-0.15, -0.1) is 0 Å². The molecule has 0 radical (unpaired) electrons. The van der Waals surface area contributed by atoms with Gasteiger partial charge in [0.1, 0.15) is 0 Å². The van der Waals surface area contributed by atoms with Crippen LogP contribution in [0.2, 0.25) is 0 Å². The van der Waals surface area contributed by atoms with Gasteiger partial charge in [0.15, 0.2) is 0 Å². The fraction of sp³-hybridized carbons (Fsp3) is 0.667.